The first-order valence-corrected chi connectivity index (χ1v) is 10.6. The summed E-state index contributed by atoms with van der Waals surface area (Å²) in [6.45, 7) is 0. The van der Waals surface area contributed by atoms with Crippen LogP contribution in [0, 0.1) is 5.82 Å². The van der Waals surface area contributed by atoms with Crippen LogP contribution in [0.3, 0.4) is 0 Å². The number of thiocarbonyl (C=S) groups is 1. The van der Waals surface area contributed by atoms with Gasteiger partial charge in [0, 0.05) is 35.5 Å². The predicted molar refractivity (Wildman–Crippen MR) is 127 cm³/mol. The van der Waals surface area contributed by atoms with Crippen LogP contribution < -0.4 is 15.0 Å². The number of aromatic nitrogens is 2. The fourth-order valence-corrected chi connectivity index (χ4v) is 4.51. The van der Waals surface area contributed by atoms with Crippen LogP contribution in [0.15, 0.2) is 91.3 Å². The molecule has 160 valence electrons. The van der Waals surface area contributed by atoms with E-state index in [1.807, 2.05) is 59.6 Å². The van der Waals surface area contributed by atoms with Crippen molar-refractivity contribution >= 4 is 23.0 Å². The summed E-state index contributed by atoms with van der Waals surface area (Å²) in [5.74, 6) is 0.489. The maximum absolute atomic E-state index is 13.6. The first kappa shape index (κ1) is 20.2. The highest BCUT2D eigenvalue weighted by molar-refractivity contribution is 7.80. The van der Waals surface area contributed by atoms with Crippen LogP contribution >= 0.6 is 12.2 Å². The second kappa shape index (κ2) is 8.43. The maximum Gasteiger partial charge on any atom is 0.174 e. The number of methoxy groups -OCH3 is 1. The van der Waals surface area contributed by atoms with E-state index < -0.39 is 0 Å². The molecule has 0 spiro atoms. The van der Waals surface area contributed by atoms with E-state index in [9.17, 15) is 4.39 Å². The summed E-state index contributed by atoms with van der Waals surface area (Å²) >= 11 is 5.75. The number of hydrogen-bond donors (Lipinski definition) is 1. The predicted octanol–water partition coefficient (Wildman–Crippen LogP) is 5.20. The van der Waals surface area contributed by atoms with E-state index in [1.54, 1.807) is 25.4 Å². The molecule has 0 saturated carbocycles. The SMILES string of the molecule is COc1cccc(-n2cccc2[C@H]2[C@@H](c3ccccn3)NC(=S)N2c2ccc(F)cc2)c1. The van der Waals surface area contributed by atoms with Gasteiger partial charge in [0.1, 0.15) is 17.6 Å². The Morgan fingerprint density at radius 3 is 2.56 bits per heavy atom. The third-order valence-electron chi connectivity index (χ3n) is 5.62. The average molecular weight is 445 g/mol. The van der Waals surface area contributed by atoms with Crippen molar-refractivity contribution in [1.82, 2.24) is 14.9 Å². The Balaban J connectivity index is 1.66. The molecular weight excluding hydrogens is 423 g/mol. The summed E-state index contributed by atoms with van der Waals surface area (Å²) in [7, 11) is 1.66. The van der Waals surface area contributed by atoms with Gasteiger partial charge in [-0.05, 0) is 72.9 Å². The van der Waals surface area contributed by atoms with E-state index in [4.69, 9.17) is 17.0 Å². The molecule has 32 heavy (non-hydrogen) atoms. The topological polar surface area (TPSA) is 42.3 Å². The molecule has 1 aliphatic rings. The molecular formula is C25H21FN4OS. The molecule has 0 aliphatic carbocycles. The number of anilines is 1. The summed E-state index contributed by atoms with van der Waals surface area (Å²) in [6, 6.07) is 23.8. The van der Waals surface area contributed by atoms with Gasteiger partial charge in [0.15, 0.2) is 5.11 Å². The van der Waals surface area contributed by atoms with Gasteiger partial charge in [-0.1, -0.05) is 12.1 Å². The van der Waals surface area contributed by atoms with Gasteiger partial charge in [0.25, 0.3) is 0 Å². The molecule has 1 saturated heterocycles. The van der Waals surface area contributed by atoms with Crippen LogP contribution in [0.5, 0.6) is 5.75 Å². The first-order chi connectivity index (χ1) is 15.7. The number of halogens is 1. The van der Waals surface area contributed by atoms with E-state index in [2.05, 4.69) is 20.9 Å². The molecule has 2 atom stereocenters. The van der Waals surface area contributed by atoms with Crippen molar-refractivity contribution in [2.24, 2.45) is 0 Å². The quantitative estimate of drug-likeness (QED) is 0.429. The number of ether oxygens (including phenoxy) is 1. The van der Waals surface area contributed by atoms with E-state index >= 15 is 0 Å². The Bertz CT molecular complexity index is 1240. The van der Waals surface area contributed by atoms with Crippen molar-refractivity contribution in [2.45, 2.75) is 12.1 Å². The Labute approximate surface area is 191 Å². The van der Waals surface area contributed by atoms with Crippen molar-refractivity contribution in [3.63, 3.8) is 0 Å². The highest BCUT2D eigenvalue weighted by Crippen LogP contribution is 2.42. The van der Waals surface area contributed by atoms with Crippen molar-refractivity contribution in [1.29, 1.82) is 0 Å². The molecule has 1 fully saturated rings. The molecule has 4 aromatic rings. The minimum Gasteiger partial charge on any atom is -0.497 e. The maximum atomic E-state index is 13.6. The number of pyridine rings is 1. The van der Waals surface area contributed by atoms with Crippen LogP contribution in [0.25, 0.3) is 5.69 Å². The van der Waals surface area contributed by atoms with Crippen LogP contribution in [-0.4, -0.2) is 21.8 Å². The van der Waals surface area contributed by atoms with Gasteiger partial charge >= 0.3 is 0 Å². The van der Waals surface area contributed by atoms with E-state index in [1.165, 1.54) is 12.1 Å². The highest BCUT2D eigenvalue weighted by atomic mass is 32.1. The lowest BCUT2D eigenvalue weighted by Gasteiger charge is -2.29. The molecule has 7 heteroatoms. The molecule has 0 amide bonds. The molecule has 0 radical (unpaired) electrons. The Hall–Kier alpha value is -3.71. The van der Waals surface area contributed by atoms with Gasteiger partial charge < -0.3 is 19.5 Å². The zero-order chi connectivity index (χ0) is 22.1. The summed E-state index contributed by atoms with van der Waals surface area (Å²) in [6.07, 6.45) is 3.79. The molecule has 1 N–H and O–H groups in total. The number of nitrogens with one attached hydrogen (secondary N) is 1. The van der Waals surface area contributed by atoms with Crippen LogP contribution in [0.2, 0.25) is 0 Å². The molecule has 2 aromatic heterocycles. The fraction of sp³-hybridized carbons (Fsp3) is 0.120. The van der Waals surface area contributed by atoms with Gasteiger partial charge in [-0.3, -0.25) is 4.98 Å². The molecule has 5 nitrogen and oxygen atoms in total. The van der Waals surface area contributed by atoms with E-state index in [0.717, 1.165) is 28.5 Å². The Morgan fingerprint density at radius 2 is 1.81 bits per heavy atom. The second-order valence-corrected chi connectivity index (χ2v) is 7.86. The number of hydrogen-bond acceptors (Lipinski definition) is 3. The summed E-state index contributed by atoms with van der Waals surface area (Å²) in [5, 5.41) is 4.00. The molecule has 2 aromatic carbocycles. The summed E-state index contributed by atoms with van der Waals surface area (Å²) in [4.78, 5) is 6.62. The fourth-order valence-electron chi connectivity index (χ4n) is 4.17. The smallest absolute Gasteiger partial charge is 0.174 e. The third-order valence-corrected chi connectivity index (χ3v) is 5.93. The van der Waals surface area contributed by atoms with Gasteiger partial charge in [-0.2, -0.15) is 0 Å². The number of rotatable bonds is 5. The molecule has 1 aliphatic heterocycles. The van der Waals surface area contributed by atoms with Gasteiger partial charge in [0.2, 0.25) is 0 Å². The normalized spacial score (nSPS) is 17.9. The standard InChI is InChI=1S/C25H21FN4OS/c1-31-20-7-4-6-19(16-20)29-15-5-9-22(29)24-23(21-8-2-3-14-27-21)28-25(32)30(24)18-12-10-17(26)11-13-18/h2-16,23-24H,1H3,(H,28,32)/t23-,24+/m1/s1. The Kier molecular flexibility index (Phi) is 5.33. The van der Waals surface area contributed by atoms with Gasteiger partial charge in [0.05, 0.1) is 18.8 Å². The largest absolute Gasteiger partial charge is 0.497 e. The monoisotopic (exact) mass is 444 g/mol. The van der Waals surface area contributed by atoms with Crippen molar-refractivity contribution in [2.75, 3.05) is 12.0 Å². The lowest BCUT2D eigenvalue weighted by Crippen LogP contribution is -2.30. The zero-order valence-electron chi connectivity index (χ0n) is 17.4. The second-order valence-electron chi connectivity index (χ2n) is 7.48. The molecule has 0 bridgehead atoms. The number of benzene rings is 2. The Morgan fingerprint density at radius 1 is 0.969 bits per heavy atom. The molecule has 3 heterocycles. The lowest BCUT2D eigenvalue weighted by molar-refractivity contribution is 0.414. The average Bonchev–Trinajstić information content (AvgIpc) is 3.44. The van der Waals surface area contributed by atoms with Crippen LogP contribution in [0.1, 0.15) is 23.5 Å². The van der Waals surface area contributed by atoms with Gasteiger partial charge in [-0.25, -0.2) is 4.39 Å². The van der Waals surface area contributed by atoms with Crippen molar-refractivity contribution < 1.29 is 9.13 Å². The van der Waals surface area contributed by atoms with E-state index in [0.29, 0.717) is 5.11 Å². The first-order valence-electron chi connectivity index (χ1n) is 10.2. The van der Waals surface area contributed by atoms with Crippen molar-refractivity contribution in [3.8, 4) is 11.4 Å². The number of nitrogens with zero attached hydrogens (tertiary/aromatic N) is 3. The lowest BCUT2D eigenvalue weighted by atomic mass is 10.0. The molecule has 0 unspecified atom stereocenters. The summed E-state index contributed by atoms with van der Waals surface area (Å²) in [5.41, 5.74) is 3.68. The minimum atomic E-state index is -0.288. The third kappa shape index (κ3) is 3.61. The highest BCUT2D eigenvalue weighted by Gasteiger charge is 2.42. The van der Waals surface area contributed by atoms with Gasteiger partial charge in [-0.15, -0.1) is 0 Å². The summed E-state index contributed by atoms with van der Waals surface area (Å²) < 4.78 is 21.2. The van der Waals surface area contributed by atoms with Crippen LogP contribution in [-0.2, 0) is 0 Å². The molecule has 5 rings (SSSR count). The van der Waals surface area contributed by atoms with Crippen molar-refractivity contribution in [3.05, 3.63) is 108 Å². The zero-order valence-corrected chi connectivity index (χ0v) is 18.2. The van der Waals surface area contributed by atoms with E-state index in [-0.39, 0.29) is 17.9 Å². The minimum absolute atomic E-state index is 0.187. The van der Waals surface area contributed by atoms with Crippen LogP contribution in [0.4, 0.5) is 10.1 Å².